The second kappa shape index (κ2) is 5.04. The van der Waals surface area contributed by atoms with Crippen molar-refractivity contribution in [2.45, 2.75) is 25.9 Å². The molecule has 1 aromatic heterocycles. The Labute approximate surface area is 79.9 Å². The second-order valence-electron chi connectivity index (χ2n) is 3.72. The van der Waals surface area contributed by atoms with Crippen LogP contribution in [0.15, 0.2) is 18.5 Å². The standard InChI is InChI=1S/C10H19N3/c1-9(11)4-6-13(2)8-10-3-5-12-7-10/h3,5,7,9,12H,4,6,8,11H2,1-2H3. The van der Waals surface area contributed by atoms with E-state index in [0.717, 1.165) is 19.5 Å². The Bertz CT molecular complexity index is 216. The normalized spacial score (nSPS) is 13.5. The summed E-state index contributed by atoms with van der Waals surface area (Å²) in [5.74, 6) is 0. The number of aromatic amines is 1. The van der Waals surface area contributed by atoms with Gasteiger partial charge in [-0.15, -0.1) is 0 Å². The number of nitrogens with zero attached hydrogens (tertiary/aromatic N) is 1. The fraction of sp³-hybridized carbons (Fsp3) is 0.600. The van der Waals surface area contributed by atoms with Crippen LogP contribution in [0.5, 0.6) is 0 Å². The molecule has 1 aromatic rings. The Kier molecular flexibility index (Phi) is 3.99. The van der Waals surface area contributed by atoms with Crippen molar-refractivity contribution < 1.29 is 0 Å². The highest BCUT2D eigenvalue weighted by atomic mass is 15.1. The van der Waals surface area contributed by atoms with Gasteiger partial charge in [-0.1, -0.05) is 0 Å². The predicted molar refractivity (Wildman–Crippen MR) is 55.4 cm³/mol. The van der Waals surface area contributed by atoms with Crippen molar-refractivity contribution in [1.82, 2.24) is 9.88 Å². The predicted octanol–water partition coefficient (Wildman–Crippen LogP) is 1.18. The van der Waals surface area contributed by atoms with Crippen LogP contribution in [0.3, 0.4) is 0 Å². The topological polar surface area (TPSA) is 45.0 Å². The fourth-order valence-electron chi connectivity index (χ4n) is 1.27. The summed E-state index contributed by atoms with van der Waals surface area (Å²) < 4.78 is 0. The zero-order valence-electron chi connectivity index (χ0n) is 8.46. The van der Waals surface area contributed by atoms with E-state index in [0.29, 0.717) is 6.04 Å². The third-order valence-electron chi connectivity index (χ3n) is 2.08. The van der Waals surface area contributed by atoms with Gasteiger partial charge in [0.1, 0.15) is 0 Å². The molecule has 3 heteroatoms. The minimum atomic E-state index is 0.300. The molecule has 3 N–H and O–H groups in total. The van der Waals surface area contributed by atoms with Crippen LogP contribution in [0, 0.1) is 0 Å². The smallest absolute Gasteiger partial charge is 0.0245 e. The summed E-state index contributed by atoms with van der Waals surface area (Å²) in [5, 5.41) is 0. The highest BCUT2D eigenvalue weighted by molar-refractivity contribution is 5.07. The van der Waals surface area contributed by atoms with Gasteiger partial charge in [0, 0.05) is 25.0 Å². The molecule has 0 fully saturated rings. The summed E-state index contributed by atoms with van der Waals surface area (Å²) in [5.41, 5.74) is 7.01. The number of aromatic nitrogens is 1. The first kappa shape index (κ1) is 10.3. The summed E-state index contributed by atoms with van der Waals surface area (Å²) in [7, 11) is 2.12. The summed E-state index contributed by atoms with van der Waals surface area (Å²) in [6, 6.07) is 2.40. The number of H-pyrrole nitrogens is 1. The van der Waals surface area contributed by atoms with Gasteiger partial charge in [-0.05, 0) is 38.6 Å². The zero-order chi connectivity index (χ0) is 9.68. The van der Waals surface area contributed by atoms with Gasteiger partial charge in [0.15, 0.2) is 0 Å². The van der Waals surface area contributed by atoms with E-state index in [1.54, 1.807) is 0 Å². The molecule has 0 saturated carbocycles. The molecule has 1 heterocycles. The first-order valence-electron chi connectivity index (χ1n) is 4.74. The van der Waals surface area contributed by atoms with E-state index in [1.807, 2.05) is 19.3 Å². The Morgan fingerprint density at radius 1 is 1.62 bits per heavy atom. The third-order valence-corrected chi connectivity index (χ3v) is 2.08. The van der Waals surface area contributed by atoms with E-state index >= 15 is 0 Å². The van der Waals surface area contributed by atoms with Crippen LogP contribution in [-0.4, -0.2) is 29.5 Å². The molecular formula is C10H19N3. The quantitative estimate of drug-likeness (QED) is 0.716. The fourth-order valence-corrected chi connectivity index (χ4v) is 1.27. The van der Waals surface area contributed by atoms with Crippen LogP contribution < -0.4 is 5.73 Å². The van der Waals surface area contributed by atoms with Crippen molar-refractivity contribution in [3.05, 3.63) is 24.0 Å². The third kappa shape index (κ3) is 4.10. The lowest BCUT2D eigenvalue weighted by Crippen LogP contribution is -2.25. The zero-order valence-corrected chi connectivity index (χ0v) is 8.46. The first-order valence-corrected chi connectivity index (χ1v) is 4.74. The van der Waals surface area contributed by atoms with Crippen LogP contribution >= 0.6 is 0 Å². The van der Waals surface area contributed by atoms with Crippen LogP contribution in [0.4, 0.5) is 0 Å². The number of nitrogens with one attached hydrogen (secondary N) is 1. The summed E-state index contributed by atoms with van der Waals surface area (Å²) in [4.78, 5) is 5.33. The van der Waals surface area contributed by atoms with Gasteiger partial charge in [0.25, 0.3) is 0 Å². The maximum absolute atomic E-state index is 5.68. The van der Waals surface area contributed by atoms with E-state index in [4.69, 9.17) is 5.73 Å². The molecule has 1 rings (SSSR count). The molecular weight excluding hydrogens is 162 g/mol. The molecule has 13 heavy (non-hydrogen) atoms. The molecule has 0 aliphatic rings. The van der Waals surface area contributed by atoms with Gasteiger partial charge in [0.2, 0.25) is 0 Å². The second-order valence-corrected chi connectivity index (χ2v) is 3.72. The van der Waals surface area contributed by atoms with Crippen molar-refractivity contribution in [3.8, 4) is 0 Å². The molecule has 0 saturated heterocycles. The van der Waals surface area contributed by atoms with Gasteiger partial charge >= 0.3 is 0 Å². The first-order chi connectivity index (χ1) is 6.18. The van der Waals surface area contributed by atoms with E-state index < -0.39 is 0 Å². The molecule has 0 aromatic carbocycles. The lowest BCUT2D eigenvalue weighted by molar-refractivity contribution is 0.313. The van der Waals surface area contributed by atoms with Crippen molar-refractivity contribution >= 4 is 0 Å². The summed E-state index contributed by atoms with van der Waals surface area (Å²) in [6.45, 7) is 4.10. The van der Waals surface area contributed by atoms with Gasteiger partial charge in [-0.3, -0.25) is 0 Å². The van der Waals surface area contributed by atoms with Crippen molar-refractivity contribution in [3.63, 3.8) is 0 Å². The summed E-state index contributed by atoms with van der Waals surface area (Å²) in [6.07, 6.45) is 5.04. The Morgan fingerprint density at radius 3 is 2.92 bits per heavy atom. The minimum Gasteiger partial charge on any atom is -0.367 e. The van der Waals surface area contributed by atoms with Gasteiger partial charge in [0.05, 0.1) is 0 Å². The van der Waals surface area contributed by atoms with E-state index in [1.165, 1.54) is 5.56 Å². The highest BCUT2D eigenvalue weighted by Crippen LogP contribution is 2.02. The van der Waals surface area contributed by atoms with Crippen molar-refractivity contribution in [1.29, 1.82) is 0 Å². The van der Waals surface area contributed by atoms with Crippen LogP contribution in [0.2, 0.25) is 0 Å². The molecule has 74 valence electrons. The maximum Gasteiger partial charge on any atom is 0.0245 e. The van der Waals surface area contributed by atoms with Crippen LogP contribution in [0.25, 0.3) is 0 Å². The van der Waals surface area contributed by atoms with Gasteiger partial charge in [-0.2, -0.15) is 0 Å². The average Bonchev–Trinajstić information content (AvgIpc) is 2.53. The molecule has 1 atom stereocenters. The van der Waals surface area contributed by atoms with Gasteiger partial charge < -0.3 is 15.6 Å². The molecule has 3 nitrogen and oxygen atoms in total. The van der Waals surface area contributed by atoms with Crippen LogP contribution in [-0.2, 0) is 6.54 Å². The molecule has 0 aliphatic carbocycles. The minimum absolute atomic E-state index is 0.300. The summed E-state index contributed by atoms with van der Waals surface area (Å²) >= 11 is 0. The van der Waals surface area contributed by atoms with E-state index in [9.17, 15) is 0 Å². The largest absolute Gasteiger partial charge is 0.367 e. The number of nitrogens with two attached hydrogens (primary N) is 1. The highest BCUT2D eigenvalue weighted by Gasteiger charge is 2.01. The molecule has 0 aliphatic heterocycles. The number of rotatable bonds is 5. The molecule has 0 amide bonds. The Morgan fingerprint density at radius 2 is 2.38 bits per heavy atom. The number of hydrogen-bond donors (Lipinski definition) is 2. The molecule has 1 unspecified atom stereocenters. The van der Waals surface area contributed by atoms with Crippen molar-refractivity contribution in [2.24, 2.45) is 5.73 Å². The lowest BCUT2D eigenvalue weighted by atomic mass is 10.2. The Hall–Kier alpha value is -0.800. The Balaban J connectivity index is 2.22. The van der Waals surface area contributed by atoms with Crippen molar-refractivity contribution in [2.75, 3.05) is 13.6 Å². The molecule has 0 radical (unpaired) electrons. The lowest BCUT2D eigenvalue weighted by Gasteiger charge is -2.16. The number of hydrogen-bond acceptors (Lipinski definition) is 2. The monoisotopic (exact) mass is 181 g/mol. The SMILES string of the molecule is CC(N)CCN(C)Cc1cc[nH]c1. The van der Waals surface area contributed by atoms with Gasteiger partial charge in [-0.25, -0.2) is 0 Å². The molecule has 0 spiro atoms. The average molecular weight is 181 g/mol. The van der Waals surface area contributed by atoms with E-state index in [2.05, 4.69) is 23.0 Å². The molecule has 0 bridgehead atoms. The van der Waals surface area contributed by atoms with E-state index in [-0.39, 0.29) is 0 Å². The van der Waals surface area contributed by atoms with Crippen LogP contribution in [0.1, 0.15) is 18.9 Å². The maximum atomic E-state index is 5.68.